The molecule has 0 heterocycles. The summed E-state index contributed by atoms with van der Waals surface area (Å²) >= 11 is 0. The van der Waals surface area contributed by atoms with Crippen LogP contribution in [0.25, 0.3) is 0 Å². The summed E-state index contributed by atoms with van der Waals surface area (Å²) in [5.41, 5.74) is 2.48. The third kappa shape index (κ3) is 7.38. The Morgan fingerprint density at radius 2 is 1.46 bits per heavy atom. The van der Waals surface area contributed by atoms with Gasteiger partial charge >= 0.3 is 0 Å². The first kappa shape index (κ1) is 19.5. The summed E-state index contributed by atoms with van der Waals surface area (Å²) in [4.78, 5) is 23.8. The van der Waals surface area contributed by atoms with Gasteiger partial charge in [-0.05, 0) is 57.0 Å². The molecule has 5 nitrogen and oxygen atoms in total. The summed E-state index contributed by atoms with van der Waals surface area (Å²) < 4.78 is 0. The average Bonchev–Trinajstić information content (AvgIpc) is 2.59. The van der Waals surface area contributed by atoms with Crippen LogP contribution in [0.2, 0.25) is 0 Å². The van der Waals surface area contributed by atoms with Gasteiger partial charge in [0.25, 0.3) is 0 Å². The Bertz CT molecular complexity index is 719. The predicted octanol–water partition coefficient (Wildman–Crippen LogP) is 3.58. The highest BCUT2D eigenvalue weighted by atomic mass is 16.2. The van der Waals surface area contributed by atoms with Gasteiger partial charge < -0.3 is 16.0 Å². The molecule has 2 aromatic carbocycles. The van der Waals surface area contributed by atoms with Crippen LogP contribution in [-0.4, -0.2) is 23.9 Å². The van der Waals surface area contributed by atoms with Gasteiger partial charge in [-0.3, -0.25) is 9.59 Å². The second-order valence-electron chi connectivity index (χ2n) is 7.26. The highest BCUT2D eigenvalue weighted by molar-refractivity contribution is 5.91. The highest BCUT2D eigenvalue weighted by Crippen LogP contribution is 2.14. The van der Waals surface area contributed by atoms with E-state index in [9.17, 15) is 9.59 Å². The van der Waals surface area contributed by atoms with Crippen LogP contribution in [0, 0.1) is 0 Å². The van der Waals surface area contributed by atoms with E-state index in [1.165, 1.54) is 0 Å². The summed E-state index contributed by atoms with van der Waals surface area (Å²) in [5, 5.41) is 8.85. The zero-order valence-corrected chi connectivity index (χ0v) is 15.6. The lowest BCUT2D eigenvalue weighted by Gasteiger charge is -2.20. The van der Waals surface area contributed by atoms with Crippen molar-refractivity contribution in [1.82, 2.24) is 5.32 Å². The molecule has 0 saturated heterocycles. The van der Waals surface area contributed by atoms with Crippen molar-refractivity contribution in [1.29, 1.82) is 0 Å². The quantitative estimate of drug-likeness (QED) is 0.712. The van der Waals surface area contributed by atoms with Crippen molar-refractivity contribution in [3.05, 3.63) is 60.2 Å². The summed E-state index contributed by atoms with van der Waals surface area (Å²) in [6.45, 7) is 6.04. The van der Waals surface area contributed by atoms with Crippen LogP contribution in [0.3, 0.4) is 0 Å². The minimum Gasteiger partial charge on any atom is -0.376 e. The van der Waals surface area contributed by atoms with Crippen LogP contribution in [0.15, 0.2) is 54.6 Å². The van der Waals surface area contributed by atoms with Crippen molar-refractivity contribution in [3.8, 4) is 0 Å². The average molecular weight is 353 g/mol. The van der Waals surface area contributed by atoms with Gasteiger partial charge in [0.05, 0.1) is 6.54 Å². The molecule has 0 spiro atoms. The van der Waals surface area contributed by atoms with E-state index in [4.69, 9.17) is 0 Å². The number of amides is 2. The molecule has 2 aromatic rings. The molecule has 138 valence electrons. The van der Waals surface area contributed by atoms with Gasteiger partial charge in [0, 0.05) is 23.3 Å². The molecular weight excluding hydrogens is 326 g/mol. The monoisotopic (exact) mass is 353 g/mol. The Hall–Kier alpha value is -2.82. The number of aryl methyl sites for hydroxylation is 1. The number of hydrogen-bond acceptors (Lipinski definition) is 3. The second kappa shape index (κ2) is 9.04. The fourth-order valence-electron chi connectivity index (χ4n) is 2.44. The van der Waals surface area contributed by atoms with Crippen molar-refractivity contribution >= 4 is 23.2 Å². The van der Waals surface area contributed by atoms with Gasteiger partial charge in [0.1, 0.15) is 0 Å². The van der Waals surface area contributed by atoms with Gasteiger partial charge in [-0.2, -0.15) is 0 Å². The molecule has 0 aromatic heterocycles. The van der Waals surface area contributed by atoms with Crippen LogP contribution in [0.1, 0.15) is 32.8 Å². The summed E-state index contributed by atoms with van der Waals surface area (Å²) in [5.74, 6) is -0.0742. The number of carbonyl (C=O) groups excluding carboxylic acids is 2. The minimum absolute atomic E-state index is 0.0147. The minimum atomic E-state index is -0.243. The molecule has 0 saturated carbocycles. The molecule has 2 rings (SSSR count). The maximum atomic E-state index is 12.0. The van der Waals surface area contributed by atoms with Crippen LogP contribution in [-0.2, 0) is 16.0 Å². The van der Waals surface area contributed by atoms with Crippen molar-refractivity contribution < 1.29 is 9.59 Å². The van der Waals surface area contributed by atoms with E-state index in [2.05, 4.69) is 16.0 Å². The van der Waals surface area contributed by atoms with Crippen LogP contribution in [0.5, 0.6) is 0 Å². The Labute approximate surface area is 155 Å². The Balaban J connectivity index is 1.76. The highest BCUT2D eigenvalue weighted by Gasteiger charge is 2.13. The number of carbonyl (C=O) groups is 2. The van der Waals surface area contributed by atoms with Crippen LogP contribution < -0.4 is 16.0 Å². The topological polar surface area (TPSA) is 70.2 Å². The van der Waals surface area contributed by atoms with Crippen molar-refractivity contribution in [2.24, 2.45) is 0 Å². The maximum Gasteiger partial charge on any atom is 0.239 e. The standard InChI is InChI=1S/C21H27N3O2/c1-21(2,3)24-20(26)15-22-17-10-12-18(13-11-17)23-19(25)14-9-16-7-5-4-6-8-16/h4-8,10-13,22H,9,14-15H2,1-3H3,(H,23,25)(H,24,26). The first-order valence-electron chi connectivity index (χ1n) is 8.80. The van der Waals surface area contributed by atoms with Gasteiger partial charge in [-0.15, -0.1) is 0 Å². The SMILES string of the molecule is CC(C)(C)NC(=O)CNc1ccc(NC(=O)CCc2ccccc2)cc1. The third-order valence-electron chi connectivity index (χ3n) is 3.62. The number of benzene rings is 2. The lowest BCUT2D eigenvalue weighted by atomic mass is 10.1. The first-order chi connectivity index (χ1) is 12.3. The molecule has 0 fully saturated rings. The number of rotatable bonds is 7. The number of nitrogens with one attached hydrogen (secondary N) is 3. The molecule has 5 heteroatoms. The molecule has 0 unspecified atom stereocenters. The van der Waals surface area contributed by atoms with E-state index >= 15 is 0 Å². The van der Waals surface area contributed by atoms with E-state index in [0.717, 1.165) is 23.4 Å². The lowest BCUT2D eigenvalue weighted by Crippen LogP contribution is -2.43. The number of anilines is 2. The molecule has 3 N–H and O–H groups in total. The first-order valence-corrected chi connectivity index (χ1v) is 8.80. The van der Waals surface area contributed by atoms with E-state index in [-0.39, 0.29) is 23.9 Å². The van der Waals surface area contributed by atoms with Gasteiger partial charge in [0.15, 0.2) is 0 Å². The Morgan fingerprint density at radius 3 is 2.08 bits per heavy atom. The second-order valence-corrected chi connectivity index (χ2v) is 7.26. The fourth-order valence-corrected chi connectivity index (χ4v) is 2.44. The van der Waals surface area contributed by atoms with E-state index in [0.29, 0.717) is 6.42 Å². The summed E-state index contributed by atoms with van der Waals surface area (Å²) in [6, 6.07) is 17.3. The molecule has 0 bridgehead atoms. The van der Waals surface area contributed by atoms with Gasteiger partial charge in [0.2, 0.25) is 11.8 Å². The van der Waals surface area contributed by atoms with E-state index < -0.39 is 0 Å². The normalized spacial score (nSPS) is 10.9. The van der Waals surface area contributed by atoms with Crippen LogP contribution in [0.4, 0.5) is 11.4 Å². The molecule has 0 radical (unpaired) electrons. The summed E-state index contributed by atoms with van der Waals surface area (Å²) in [7, 11) is 0. The smallest absolute Gasteiger partial charge is 0.239 e. The molecule has 0 aliphatic carbocycles. The van der Waals surface area contributed by atoms with E-state index in [1.807, 2.05) is 75.4 Å². The van der Waals surface area contributed by atoms with Crippen molar-refractivity contribution in [3.63, 3.8) is 0 Å². The predicted molar refractivity (Wildman–Crippen MR) is 106 cm³/mol. The van der Waals surface area contributed by atoms with E-state index in [1.54, 1.807) is 0 Å². The van der Waals surface area contributed by atoms with Crippen molar-refractivity contribution in [2.45, 2.75) is 39.2 Å². The zero-order chi connectivity index (χ0) is 19.0. The molecule has 0 atom stereocenters. The molecular formula is C21H27N3O2. The van der Waals surface area contributed by atoms with Crippen LogP contribution >= 0.6 is 0 Å². The maximum absolute atomic E-state index is 12.0. The third-order valence-corrected chi connectivity index (χ3v) is 3.62. The lowest BCUT2D eigenvalue weighted by molar-refractivity contribution is -0.120. The fraction of sp³-hybridized carbons (Fsp3) is 0.333. The Morgan fingerprint density at radius 1 is 0.846 bits per heavy atom. The number of hydrogen-bond donors (Lipinski definition) is 3. The molecule has 0 aliphatic rings. The van der Waals surface area contributed by atoms with Gasteiger partial charge in [-0.25, -0.2) is 0 Å². The molecule has 0 aliphatic heterocycles. The Kier molecular flexibility index (Phi) is 6.78. The molecule has 2 amide bonds. The largest absolute Gasteiger partial charge is 0.376 e. The van der Waals surface area contributed by atoms with Gasteiger partial charge in [-0.1, -0.05) is 30.3 Å². The van der Waals surface area contributed by atoms with Crippen molar-refractivity contribution in [2.75, 3.05) is 17.2 Å². The zero-order valence-electron chi connectivity index (χ0n) is 15.6. The molecule has 26 heavy (non-hydrogen) atoms. The summed E-state index contributed by atoms with van der Waals surface area (Å²) in [6.07, 6.45) is 1.16.